The van der Waals surface area contributed by atoms with Gasteiger partial charge in [0.15, 0.2) is 5.78 Å². The van der Waals surface area contributed by atoms with Crippen molar-refractivity contribution in [3.05, 3.63) is 29.8 Å². The first-order valence-corrected chi connectivity index (χ1v) is 5.52. The summed E-state index contributed by atoms with van der Waals surface area (Å²) < 4.78 is 0. The predicted octanol–water partition coefficient (Wildman–Crippen LogP) is 3.22. The zero-order chi connectivity index (χ0) is 10.8. The van der Waals surface area contributed by atoms with Gasteiger partial charge in [0.05, 0.1) is 11.6 Å². The van der Waals surface area contributed by atoms with Gasteiger partial charge in [0.1, 0.15) is 0 Å². The number of aliphatic imine (C=N–C) groups is 1. The first-order chi connectivity index (χ1) is 7.24. The van der Waals surface area contributed by atoms with Gasteiger partial charge in [-0.05, 0) is 25.5 Å². The molecule has 0 saturated heterocycles. The maximum atomic E-state index is 12.1. The summed E-state index contributed by atoms with van der Waals surface area (Å²) in [6.07, 6.45) is 0.671. The van der Waals surface area contributed by atoms with Gasteiger partial charge in [-0.3, -0.25) is 9.79 Å². The molecule has 0 saturated carbocycles. The number of ketones is 1. The van der Waals surface area contributed by atoms with Crippen LogP contribution in [0.1, 0.15) is 23.7 Å². The molecule has 0 aliphatic carbocycles. The van der Waals surface area contributed by atoms with Gasteiger partial charge in [0.25, 0.3) is 0 Å². The predicted molar refractivity (Wildman–Crippen MR) is 62.4 cm³/mol. The average molecular weight is 222 g/mol. The maximum Gasteiger partial charge on any atom is 0.173 e. The van der Waals surface area contributed by atoms with Crippen LogP contribution in [-0.2, 0) is 0 Å². The molecule has 1 unspecified atom stereocenters. The molecule has 1 heterocycles. The number of carbonyl (C=O) groups is 1. The Morgan fingerprint density at radius 1 is 1.40 bits per heavy atom. The van der Waals surface area contributed by atoms with Crippen LogP contribution < -0.4 is 0 Å². The SMILES string of the molecule is CC1=Nc2ccccc2C(=O)C1CCCl. The second kappa shape index (κ2) is 4.15. The zero-order valence-electron chi connectivity index (χ0n) is 8.53. The molecule has 0 spiro atoms. The van der Waals surface area contributed by atoms with Crippen LogP contribution in [0.25, 0.3) is 0 Å². The molecule has 78 valence electrons. The normalized spacial score (nSPS) is 19.7. The van der Waals surface area contributed by atoms with Crippen molar-refractivity contribution in [3.8, 4) is 0 Å². The highest BCUT2D eigenvalue weighted by Gasteiger charge is 2.27. The molecule has 1 aromatic rings. The lowest BCUT2D eigenvalue weighted by Crippen LogP contribution is -2.25. The van der Waals surface area contributed by atoms with Crippen LogP contribution in [-0.4, -0.2) is 17.4 Å². The number of carbonyl (C=O) groups excluding carboxylic acids is 1. The smallest absolute Gasteiger partial charge is 0.173 e. The highest BCUT2D eigenvalue weighted by molar-refractivity contribution is 6.20. The molecule has 0 aromatic heterocycles. The molecule has 15 heavy (non-hydrogen) atoms. The van der Waals surface area contributed by atoms with Crippen LogP contribution in [0.4, 0.5) is 5.69 Å². The van der Waals surface area contributed by atoms with Gasteiger partial charge in [-0.15, -0.1) is 11.6 Å². The van der Waals surface area contributed by atoms with E-state index < -0.39 is 0 Å². The number of para-hydroxylation sites is 1. The number of nitrogens with zero attached hydrogens (tertiary/aromatic N) is 1. The largest absolute Gasteiger partial charge is 0.293 e. The minimum absolute atomic E-state index is 0.127. The lowest BCUT2D eigenvalue weighted by molar-refractivity contribution is 0.0951. The minimum Gasteiger partial charge on any atom is -0.293 e. The van der Waals surface area contributed by atoms with Crippen molar-refractivity contribution in [2.24, 2.45) is 10.9 Å². The Kier molecular flexibility index (Phi) is 2.87. The van der Waals surface area contributed by atoms with Crippen LogP contribution in [0.3, 0.4) is 0 Å². The van der Waals surface area contributed by atoms with Crippen LogP contribution in [0.5, 0.6) is 0 Å². The van der Waals surface area contributed by atoms with Crippen molar-refractivity contribution in [3.63, 3.8) is 0 Å². The highest BCUT2D eigenvalue weighted by atomic mass is 35.5. The van der Waals surface area contributed by atoms with Crippen LogP contribution in [0.2, 0.25) is 0 Å². The third-order valence-electron chi connectivity index (χ3n) is 2.68. The van der Waals surface area contributed by atoms with E-state index in [2.05, 4.69) is 4.99 Å². The van der Waals surface area contributed by atoms with Gasteiger partial charge in [-0.1, -0.05) is 12.1 Å². The monoisotopic (exact) mass is 221 g/mol. The average Bonchev–Trinajstić information content (AvgIpc) is 2.24. The van der Waals surface area contributed by atoms with Crippen LogP contribution in [0, 0.1) is 5.92 Å². The van der Waals surface area contributed by atoms with E-state index in [0.717, 1.165) is 17.0 Å². The molecule has 1 atom stereocenters. The van der Waals surface area contributed by atoms with E-state index in [4.69, 9.17) is 11.6 Å². The van der Waals surface area contributed by atoms with E-state index in [9.17, 15) is 4.79 Å². The number of hydrogen-bond acceptors (Lipinski definition) is 2. The lowest BCUT2D eigenvalue weighted by atomic mass is 9.88. The number of Topliss-reactive ketones (excluding diaryl/α,β-unsaturated/α-hetero) is 1. The van der Waals surface area contributed by atoms with Gasteiger partial charge in [-0.25, -0.2) is 0 Å². The second-order valence-electron chi connectivity index (χ2n) is 3.66. The summed E-state index contributed by atoms with van der Waals surface area (Å²) in [5, 5.41) is 0. The molecule has 2 nitrogen and oxygen atoms in total. The Morgan fingerprint density at radius 2 is 2.13 bits per heavy atom. The lowest BCUT2D eigenvalue weighted by Gasteiger charge is -2.20. The molecular weight excluding hydrogens is 210 g/mol. The topological polar surface area (TPSA) is 29.4 Å². The fourth-order valence-corrected chi connectivity index (χ4v) is 2.09. The number of alkyl halides is 1. The Balaban J connectivity index is 2.44. The van der Waals surface area contributed by atoms with Gasteiger partial charge < -0.3 is 0 Å². The van der Waals surface area contributed by atoms with E-state index in [1.165, 1.54) is 0 Å². The minimum atomic E-state index is -0.127. The molecule has 2 rings (SSSR count). The van der Waals surface area contributed by atoms with Gasteiger partial charge >= 0.3 is 0 Å². The van der Waals surface area contributed by atoms with E-state index in [1.807, 2.05) is 31.2 Å². The molecule has 0 amide bonds. The molecule has 0 bridgehead atoms. The van der Waals surface area contributed by atoms with Gasteiger partial charge in [-0.2, -0.15) is 0 Å². The van der Waals surface area contributed by atoms with Crippen LogP contribution >= 0.6 is 11.6 Å². The Morgan fingerprint density at radius 3 is 2.87 bits per heavy atom. The third kappa shape index (κ3) is 1.82. The number of rotatable bonds is 2. The molecular formula is C12H12ClNO. The zero-order valence-corrected chi connectivity index (χ0v) is 9.29. The maximum absolute atomic E-state index is 12.1. The van der Waals surface area contributed by atoms with Crippen molar-refractivity contribution in [1.29, 1.82) is 0 Å². The van der Waals surface area contributed by atoms with Gasteiger partial charge in [0, 0.05) is 17.2 Å². The van der Waals surface area contributed by atoms with Crippen molar-refractivity contribution in [2.75, 3.05) is 5.88 Å². The fraction of sp³-hybridized carbons (Fsp3) is 0.333. The summed E-state index contributed by atoms with van der Waals surface area (Å²) in [6, 6.07) is 7.46. The van der Waals surface area contributed by atoms with Crippen LogP contribution in [0.15, 0.2) is 29.3 Å². The first-order valence-electron chi connectivity index (χ1n) is 4.98. The summed E-state index contributed by atoms with van der Waals surface area (Å²) in [6.45, 7) is 1.89. The molecule has 0 N–H and O–H groups in total. The van der Waals surface area contributed by atoms with Crippen molar-refractivity contribution in [2.45, 2.75) is 13.3 Å². The van der Waals surface area contributed by atoms with Crippen molar-refractivity contribution in [1.82, 2.24) is 0 Å². The number of benzene rings is 1. The van der Waals surface area contributed by atoms with E-state index in [-0.39, 0.29) is 11.7 Å². The highest BCUT2D eigenvalue weighted by Crippen LogP contribution is 2.29. The molecule has 1 aromatic carbocycles. The van der Waals surface area contributed by atoms with E-state index >= 15 is 0 Å². The van der Waals surface area contributed by atoms with Crippen molar-refractivity contribution < 1.29 is 4.79 Å². The first kappa shape index (κ1) is 10.4. The van der Waals surface area contributed by atoms with Gasteiger partial charge in [0.2, 0.25) is 0 Å². The summed E-state index contributed by atoms with van der Waals surface area (Å²) in [7, 11) is 0. The summed E-state index contributed by atoms with van der Waals surface area (Å²) >= 11 is 5.69. The number of halogens is 1. The second-order valence-corrected chi connectivity index (χ2v) is 4.04. The quantitative estimate of drug-likeness (QED) is 0.705. The Hall–Kier alpha value is -1.15. The third-order valence-corrected chi connectivity index (χ3v) is 2.90. The molecule has 3 heteroatoms. The Bertz CT molecular complexity index is 425. The summed E-state index contributed by atoms with van der Waals surface area (Å²) in [5.41, 5.74) is 2.38. The molecule has 0 fully saturated rings. The summed E-state index contributed by atoms with van der Waals surface area (Å²) in [5.74, 6) is 0.516. The molecule has 1 aliphatic heterocycles. The fourth-order valence-electron chi connectivity index (χ4n) is 1.87. The Labute approximate surface area is 94.0 Å². The summed E-state index contributed by atoms with van der Waals surface area (Å²) in [4.78, 5) is 16.5. The van der Waals surface area contributed by atoms with E-state index in [0.29, 0.717) is 12.3 Å². The molecule has 0 radical (unpaired) electrons. The standard InChI is InChI=1S/C12H12ClNO/c1-8-9(6-7-13)12(15)10-4-2-3-5-11(10)14-8/h2-5,9H,6-7H2,1H3. The number of fused-ring (bicyclic) bond motifs is 1. The molecule has 1 aliphatic rings. The van der Waals surface area contributed by atoms with E-state index in [1.54, 1.807) is 0 Å². The van der Waals surface area contributed by atoms with Crippen molar-refractivity contribution >= 4 is 28.8 Å². The number of hydrogen-bond donors (Lipinski definition) is 0.